The molecule has 0 spiro atoms. The number of rotatable bonds is 7. The lowest BCUT2D eigenvalue weighted by Crippen LogP contribution is -2.37. The Labute approximate surface area is 246 Å². The van der Waals surface area contributed by atoms with Crippen LogP contribution in [0.1, 0.15) is 12.5 Å². The van der Waals surface area contributed by atoms with Crippen LogP contribution in [0.25, 0.3) is 28.0 Å². The van der Waals surface area contributed by atoms with Gasteiger partial charge in [0.25, 0.3) is 0 Å². The number of morpholine rings is 1. The number of aliphatic imine (C=N–C) groups is 1. The Morgan fingerprint density at radius 2 is 1.74 bits per heavy atom. The molecule has 5 N–H and O–H groups in total. The third kappa shape index (κ3) is 6.90. The van der Waals surface area contributed by atoms with E-state index in [0.717, 1.165) is 5.56 Å². The highest BCUT2D eigenvalue weighted by Gasteiger charge is 2.20. The zero-order valence-corrected chi connectivity index (χ0v) is 23.6. The van der Waals surface area contributed by atoms with Crippen molar-refractivity contribution < 1.29 is 18.7 Å². The number of anilines is 4. The molecule has 1 aliphatic heterocycles. The van der Waals surface area contributed by atoms with Crippen molar-refractivity contribution in [3.8, 4) is 11.4 Å². The molecule has 2 aromatic carbocycles. The number of carbonyl (C=O) groups is 2. The number of nitrogens with zero attached hydrogens (tertiary/aromatic N) is 5. The summed E-state index contributed by atoms with van der Waals surface area (Å²) in [5, 5.41) is 7.80. The van der Waals surface area contributed by atoms with Crippen molar-refractivity contribution in [2.75, 3.05) is 54.2 Å². The van der Waals surface area contributed by atoms with Crippen LogP contribution in [0.15, 0.2) is 65.9 Å². The lowest BCUT2D eigenvalue weighted by Gasteiger charge is -2.28. The van der Waals surface area contributed by atoms with Crippen LogP contribution in [0.2, 0.25) is 0 Å². The van der Waals surface area contributed by atoms with Crippen molar-refractivity contribution in [2.24, 2.45) is 10.7 Å². The minimum atomic E-state index is -0.662. The molecule has 4 aromatic rings. The fourth-order valence-electron chi connectivity index (χ4n) is 4.52. The van der Waals surface area contributed by atoms with E-state index >= 15 is 4.39 Å². The molecule has 0 atom stereocenters. The SMILES string of the molecule is CN=CC(=CN)c1cnc2c(N3CCOCC3)nc(-c3ccc(NC(=O)Nc4ccc(NC(C)=O)cc4)c(F)c3)nc2c1. The van der Waals surface area contributed by atoms with E-state index in [2.05, 4.69) is 30.8 Å². The predicted octanol–water partition coefficient (Wildman–Crippen LogP) is 4.27. The van der Waals surface area contributed by atoms with Gasteiger partial charge < -0.3 is 31.3 Å². The number of fused-ring (bicyclic) bond motifs is 1. The van der Waals surface area contributed by atoms with Gasteiger partial charge in [0.05, 0.1) is 24.4 Å². The average molecular weight is 584 g/mol. The molecule has 1 saturated heterocycles. The maximum absolute atomic E-state index is 15.3. The second-order valence-corrected chi connectivity index (χ2v) is 9.60. The minimum absolute atomic E-state index is 0.0224. The van der Waals surface area contributed by atoms with E-state index in [-0.39, 0.29) is 11.6 Å². The first-order valence-corrected chi connectivity index (χ1v) is 13.4. The summed E-state index contributed by atoms with van der Waals surface area (Å²) in [5.41, 5.74) is 9.81. The smallest absolute Gasteiger partial charge is 0.323 e. The number of urea groups is 1. The van der Waals surface area contributed by atoms with Gasteiger partial charge >= 0.3 is 6.03 Å². The maximum atomic E-state index is 15.3. The molecule has 0 aliphatic carbocycles. The lowest BCUT2D eigenvalue weighted by molar-refractivity contribution is -0.114. The van der Waals surface area contributed by atoms with E-state index in [1.165, 1.54) is 25.3 Å². The Balaban J connectivity index is 1.42. The maximum Gasteiger partial charge on any atom is 0.323 e. The van der Waals surface area contributed by atoms with Gasteiger partial charge in [0, 0.05) is 73.7 Å². The summed E-state index contributed by atoms with van der Waals surface area (Å²) in [4.78, 5) is 44.0. The van der Waals surface area contributed by atoms with Crippen LogP contribution < -0.4 is 26.6 Å². The van der Waals surface area contributed by atoms with E-state index in [0.29, 0.717) is 71.5 Å². The Bertz CT molecular complexity index is 1720. The number of aromatic nitrogens is 3. The first kappa shape index (κ1) is 29.1. The van der Waals surface area contributed by atoms with Crippen molar-refractivity contribution in [3.63, 3.8) is 0 Å². The number of benzene rings is 2. The lowest BCUT2D eigenvalue weighted by atomic mass is 10.1. The highest BCUT2D eigenvalue weighted by atomic mass is 19.1. The molecule has 3 heterocycles. The largest absolute Gasteiger partial charge is 0.404 e. The molecule has 1 aliphatic rings. The van der Waals surface area contributed by atoms with Gasteiger partial charge in [-0.15, -0.1) is 0 Å². The van der Waals surface area contributed by atoms with Gasteiger partial charge in [-0.3, -0.25) is 14.8 Å². The van der Waals surface area contributed by atoms with E-state index in [4.69, 9.17) is 20.4 Å². The van der Waals surface area contributed by atoms with E-state index in [1.807, 2.05) is 6.07 Å². The van der Waals surface area contributed by atoms with Crippen LogP contribution in [0.5, 0.6) is 0 Å². The molecule has 12 nitrogen and oxygen atoms in total. The van der Waals surface area contributed by atoms with Crippen molar-refractivity contribution in [2.45, 2.75) is 6.92 Å². The number of ether oxygens (including phenoxy) is 1. The van der Waals surface area contributed by atoms with Gasteiger partial charge in [0.2, 0.25) is 5.91 Å². The minimum Gasteiger partial charge on any atom is -0.404 e. The standard InChI is InChI=1S/C30H30FN9O3/c1-18(41)35-22-4-6-23(7-5-22)36-30(42)38-25-8-3-19(13-24(25)31)28-37-26-14-20(21(15-32)16-33-2)17-34-27(26)29(39-28)40-9-11-43-12-10-40/h3-8,13-17H,9-12,32H2,1-2H3,(H,35,41)(H2,36,38,42). The number of amides is 3. The Hall–Kier alpha value is -5.43. The fraction of sp³-hybridized carbons (Fsp3) is 0.200. The van der Waals surface area contributed by atoms with Crippen LogP contribution in [-0.4, -0.2) is 66.5 Å². The van der Waals surface area contributed by atoms with E-state index in [9.17, 15) is 9.59 Å². The quantitative estimate of drug-likeness (QED) is 0.235. The summed E-state index contributed by atoms with van der Waals surface area (Å²) < 4.78 is 20.8. The summed E-state index contributed by atoms with van der Waals surface area (Å²) in [6.45, 7) is 3.73. The third-order valence-corrected chi connectivity index (χ3v) is 6.55. The molecule has 220 valence electrons. The summed E-state index contributed by atoms with van der Waals surface area (Å²) in [7, 11) is 1.65. The van der Waals surface area contributed by atoms with Gasteiger partial charge in [-0.1, -0.05) is 0 Å². The molecular formula is C30H30FN9O3. The van der Waals surface area contributed by atoms with Gasteiger partial charge in [0.1, 0.15) is 11.3 Å². The number of nitrogens with two attached hydrogens (primary N) is 1. The van der Waals surface area contributed by atoms with Crippen LogP contribution in [0, 0.1) is 5.82 Å². The second-order valence-electron chi connectivity index (χ2n) is 9.60. The van der Waals surface area contributed by atoms with Crippen LogP contribution in [-0.2, 0) is 9.53 Å². The van der Waals surface area contributed by atoms with Crippen molar-refractivity contribution in [3.05, 3.63) is 72.3 Å². The topological polar surface area (TPSA) is 160 Å². The van der Waals surface area contributed by atoms with Crippen molar-refractivity contribution in [1.29, 1.82) is 0 Å². The van der Waals surface area contributed by atoms with E-state index < -0.39 is 11.8 Å². The number of halogens is 1. The predicted molar refractivity (Wildman–Crippen MR) is 166 cm³/mol. The van der Waals surface area contributed by atoms with Crippen molar-refractivity contribution >= 4 is 57.6 Å². The highest BCUT2D eigenvalue weighted by molar-refractivity contribution is 6.10. The first-order chi connectivity index (χ1) is 20.8. The number of allylic oxidation sites excluding steroid dienone is 1. The molecule has 0 saturated carbocycles. The number of pyridine rings is 1. The molecule has 0 unspecified atom stereocenters. The number of carbonyl (C=O) groups excluding carboxylic acids is 2. The molecule has 1 fully saturated rings. The normalized spacial score (nSPS) is 13.7. The summed E-state index contributed by atoms with van der Waals surface area (Å²) in [5.74, 6) is 0.0445. The highest BCUT2D eigenvalue weighted by Crippen LogP contribution is 2.30. The fourth-order valence-corrected chi connectivity index (χ4v) is 4.52. The van der Waals surface area contributed by atoms with Crippen LogP contribution >= 0.6 is 0 Å². The van der Waals surface area contributed by atoms with Gasteiger partial charge in [-0.05, 0) is 48.5 Å². The molecule has 43 heavy (non-hydrogen) atoms. The van der Waals surface area contributed by atoms with E-state index in [1.54, 1.807) is 49.8 Å². The summed E-state index contributed by atoms with van der Waals surface area (Å²) in [6.07, 6.45) is 4.77. The summed E-state index contributed by atoms with van der Waals surface area (Å²) in [6, 6.07) is 12.1. The summed E-state index contributed by atoms with van der Waals surface area (Å²) >= 11 is 0. The average Bonchev–Trinajstić information content (AvgIpc) is 3.01. The molecule has 13 heteroatoms. The Kier molecular flexibility index (Phi) is 8.82. The Morgan fingerprint density at radius 3 is 2.40 bits per heavy atom. The Morgan fingerprint density at radius 1 is 1.02 bits per heavy atom. The van der Waals surface area contributed by atoms with Gasteiger partial charge in [0.15, 0.2) is 11.6 Å². The monoisotopic (exact) mass is 583 g/mol. The third-order valence-electron chi connectivity index (χ3n) is 6.55. The number of nitrogens with one attached hydrogen (secondary N) is 3. The van der Waals surface area contributed by atoms with Crippen molar-refractivity contribution in [1.82, 2.24) is 15.0 Å². The molecule has 2 aromatic heterocycles. The second kappa shape index (κ2) is 13.0. The molecule has 0 radical (unpaired) electrons. The number of hydrogen-bond acceptors (Lipinski definition) is 9. The zero-order chi connectivity index (χ0) is 30.3. The molecule has 0 bridgehead atoms. The number of hydrogen-bond donors (Lipinski definition) is 4. The molecular weight excluding hydrogens is 553 g/mol. The molecule has 3 amide bonds. The first-order valence-electron chi connectivity index (χ1n) is 13.4. The zero-order valence-electron chi connectivity index (χ0n) is 23.6. The van der Waals surface area contributed by atoms with Gasteiger partial charge in [-0.25, -0.2) is 19.2 Å². The van der Waals surface area contributed by atoms with Crippen LogP contribution in [0.3, 0.4) is 0 Å². The molecule has 5 rings (SSSR count). The van der Waals surface area contributed by atoms with Gasteiger partial charge in [-0.2, -0.15) is 0 Å². The van der Waals surface area contributed by atoms with Crippen LogP contribution in [0.4, 0.5) is 32.1 Å².